The van der Waals surface area contributed by atoms with Gasteiger partial charge in [0.25, 0.3) is 0 Å². The van der Waals surface area contributed by atoms with Crippen LogP contribution >= 0.6 is 0 Å². The van der Waals surface area contributed by atoms with Crippen LogP contribution < -0.4 is 10.6 Å². The predicted molar refractivity (Wildman–Crippen MR) is 122 cm³/mol. The Balaban J connectivity index is 1.33. The van der Waals surface area contributed by atoms with Gasteiger partial charge in [-0.25, -0.2) is 9.37 Å². The second-order valence-electron chi connectivity index (χ2n) is 7.85. The highest BCUT2D eigenvalue weighted by Gasteiger charge is 2.22. The number of rotatable bonds is 5. The van der Waals surface area contributed by atoms with Gasteiger partial charge in [-0.15, -0.1) is 0 Å². The molecule has 31 heavy (non-hydrogen) atoms. The lowest BCUT2D eigenvalue weighted by Crippen LogP contribution is -2.14. The molecule has 0 spiro atoms. The van der Waals surface area contributed by atoms with Crippen molar-refractivity contribution in [1.82, 2.24) is 4.98 Å². The number of anilines is 2. The van der Waals surface area contributed by atoms with Crippen LogP contribution in [0, 0.1) is 5.82 Å². The minimum Gasteiger partial charge on any atom is -0.363 e. The summed E-state index contributed by atoms with van der Waals surface area (Å²) < 4.78 is 13.1. The number of carbonyl (C=O) groups excluding carboxylic acids is 1. The summed E-state index contributed by atoms with van der Waals surface area (Å²) in [6, 6.07) is 24.4. The first-order valence-corrected chi connectivity index (χ1v) is 10.4. The summed E-state index contributed by atoms with van der Waals surface area (Å²) in [5, 5.41) is 7.40. The maximum atomic E-state index is 13.1. The summed E-state index contributed by atoms with van der Waals surface area (Å²) in [4.78, 5) is 17.3. The van der Waals surface area contributed by atoms with Crippen LogP contribution in [0.1, 0.15) is 29.2 Å². The average Bonchev–Trinajstić information content (AvgIpc) is 3.18. The van der Waals surface area contributed by atoms with Crippen molar-refractivity contribution in [3.8, 4) is 0 Å². The van der Waals surface area contributed by atoms with Gasteiger partial charge in [-0.2, -0.15) is 0 Å². The van der Waals surface area contributed by atoms with E-state index in [2.05, 4.69) is 34.9 Å². The largest absolute Gasteiger partial charge is 0.363 e. The molecule has 0 unspecified atom stereocenters. The SMILES string of the molecule is O=C(Cc1ccc(F)cc1)Nc1cccc2nc(N[C@@H]3CCc4ccccc43)ccc12. The summed E-state index contributed by atoms with van der Waals surface area (Å²) in [5.74, 6) is 0.364. The second kappa shape index (κ2) is 8.19. The molecule has 0 bridgehead atoms. The van der Waals surface area contributed by atoms with Crippen molar-refractivity contribution in [3.63, 3.8) is 0 Å². The van der Waals surface area contributed by atoms with Crippen molar-refractivity contribution in [1.29, 1.82) is 0 Å². The summed E-state index contributed by atoms with van der Waals surface area (Å²) in [7, 11) is 0. The number of amides is 1. The highest BCUT2D eigenvalue weighted by molar-refractivity contribution is 6.01. The molecule has 1 aromatic heterocycles. The zero-order valence-corrected chi connectivity index (χ0v) is 16.9. The van der Waals surface area contributed by atoms with Crippen LogP contribution in [-0.4, -0.2) is 10.9 Å². The van der Waals surface area contributed by atoms with Gasteiger partial charge in [0.15, 0.2) is 0 Å². The lowest BCUT2D eigenvalue weighted by Gasteiger charge is -2.16. The van der Waals surface area contributed by atoms with Gasteiger partial charge in [0.1, 0.15) is 11.6 Å². The van der Waals surface area contributed by atoms with E-state index in [-0.39, 0.29) is 24.2 Å². The van der Waals surface area contributed by atoms with Crippen molar-refractivity contribution < 1.29 is 9.18 Å². The molecule has 1 atom stereocenters. The van der Waals surface area contributed by atoms with E-state index in [1.165, 1.54) is 23.3 Å². The molecule has 1 heterocycles. The van der Waals surface area contributed by atoms with Gasteiger partial charge in [-0.1, -0.05) is 42.5 Å². The number of hydrogen-bond donors (Lipinski definition) is 2. The number of halogens is 1. The summed E-state index contributed by atoms with van der Waals surface area (Å²) in [5.41, 5.74) is 5.03. The third-order valence-electron chi connectivity index (χ3n) is 5.74. The van der Waals surface area contributed by atoms with Gasteiger partial charge in [0.05, 0.1) is 23.7 Å². The fourth-order valence-corrected chi connectivity index (χ4v) is 4.21. The summed E-state index contributed by atoms with van der Waals surface area (Å²) in [6.07, 6.45) is 2.31. The molecule has 154 valence electrons. The van der Waals surface area contributed by atoms with E-state index in [0.29, 0.717) is 0 Å². The number of benzene rings is 3. The number of aromatic nitrogens is 1. The van der Waals surface area contributed by atoms with Crippen LogP contribution in [0.3, 0.4) is 0 Å². The van der Waals surface area contributed by atoms with Crippen molar-refractivity contribution in [2.75, 3.05) is 10.6 Å². The fourth-order valence-electron chi connectivity index (χ4n) is 4.21. The van der Waals surface area contributed by atoms with Gasteiger partial charge in [-0.05, 0) is 65.9 Å². The van der Waals surface area contributed by atoms with Gasteiger partial charge in [-0.3, -0.25) is 4.79 Å². The zero-order valence-electron chi connectivity index (χ0n) is 16.9. The smallest absolute Gasteiger partial charge is 0.228 e. The third-order valence-corrected chi connectivity index (χ3v) is 5.74. The monoisotopic (exact) mass is 411 g/mol. The first kappa shape index (κ1) is 19.2. The molecule has 5 heteroatoms. The molecule has 5 rings (SSSR count). The van der Waals surface area contributed by atoms with E-state index in [0.717, 1.165) is 40.8 Å². The van der Waals surface area contributed by atoms with E-state index in [9.17, 15) is 9.18 Å². The zero-order chi connectivity index (χ0) is 21.2. The first-order valence-electron chi connectivity index (χ1n) is 10.4. The van der Waals surface area contributed by atoms with Gasteiger partial charge in [0.2, 0.25) is 5.91 Å². The van der Waals surface area contributed by atoms with E-state index >= 15 is 0 Å². The number of aryl methyl sites for hydroxylation is 1. The maximum Gasteiger partial charge on any atom is 0.228 e. The summed E-state index contributed by atoms with van der Waals surface area (Å²) in [6.45, 7) is 0. The van der Waals surface area contributed by atoms with Crippen LogP contribution in [-0.2, 0) is 17.6 Å². The van der Waals surface area contributed by atoms with Crippen LogP contribution in [0.15, 0.2) is 78.9 Å². The number of nitrogens with one attached hydrogen (secondary N) is 2. The highest BCUT2D eigenvalue weighted by Crippen LogP contribution is 2.34. The van der Waals surface area contributed by atoms with Crippen LogP contribution in [0.5, 0.6) is 0 Å². The minimum atomic E-state index is -0.310. The molecule has 1 aliphatic carbocycles. The number of pyridine rings is 1. The van der Waals surface area contributed by atoms with E-state index in [1.54, 1.807) is 12.1 Å². The van der Waals surface area contributed by atoms with Crippen molar-refractivity contribution in [2.45, 2.75) is 25.3 Å². The Hall–Kier alpha value is -3.73. The molecule has 4 aromatic rings. The van der Waals surface area contributed by atoms with Gasteiger partial charge < -0.3 is 10.6 Å². The quantitative estimate of drug-likeness (QED) is 0.446. The van der Waals surface area contributed by atoms with E-state index < -0.39 is 0 Å². The van der Waals surface area contributed by atoms with Crippen LogP contribution in [0.2, 0.25) is 0 Å². The molecule has 2 N–H and O–H groups in total. The number of nitrogens with zero attached hydrogens (tertiary/aromatic N) is 1. The highest BCUT2D eigenvalue weighted by atomic mass is 19.1. The number of hydrogen-bond acceptors (Lipinski definition) is 3. The van der Waals surface area contributed by atoms with Crippen molar-refractivity contribution in [2.24, 2.45) is 0 Å². The molecule has 0 aliphatic heterocycles. The number of carbonyl (C=O) groups is 1. The van der Waals surface area contributed by atoms with Crippen LogP contribution in [0.25, 0.3) is 10.9 Å². The fraction of sp³-hybridized carbons (Fsp3) is 0.154. The molecule has 1 amide bonds. The molecule has 4 nitrogen and oxygen atoms in total. The standard InChI is InChI=1S/C26H22FN3O/c27-19-11-8-17(9-12-19)16-26(31)30-23-7-3-6-22-21(23)13-15-25(28-22)29-24-14-10-18-4-1-2-5-20(18)24/h1-9,11-13,15,24H,10,14,16H2,(H,28,29)(H,30,31)/t24-/m1/s1. The topological polar surface area (TPSA) is 54.0 Å². The Kier molecular flexibility index (Phi) is 5.08. The Morgan fingerprint density at radius 3 is 2.68 bits per heavy atom. The Bertz CT molecular complexity index is 1250. The van der Waals surface area contributed by atoms with Gasteiger partial charge >= 0.3 is 0 Å². The third kappa shape index (κ3) is 4.12. The van der Waals surface area contributed by atoms with E-state index in [4.69, 9.17) is 4.98 Å². The molecular formula is C26H22FN3O. The van der Waals surface area contributed by atoms with Gasteiger partial charge in [0, 0.05) is 5.39 Å². The van der Waals surface area contributed by atoms with Crippen LogP contribution in [0.4, 0.5) is 15.9 Å². The Morgan fingerprint density at radius 2 is 1.81 bits per heavy atom. The molecule has 0 saturated heterocycles. The normalized spacial score (nSPS) is 14.9. The molecule has 3 aromatic carbocycles. The predicted octanol–water partition coefficient (Wildman–Crippen LogP) is 5.65. The lowest BCUT2D eigenvalue weighted by molar-refractivity contribution is -0.115. The van der Waals surface area contributed by atoms with E-state index in [1.807, 2.05) is 30.3 Å². The first-order chi connectivity index (χ1) is 15.2. The molecule has 0 saturated carbocycles. The van der Waals surface area contributed by atoms with Crippen molar-refractivity contribution in [3.05, 3.63) is 101 Å². The Morgan fingerprint density at radius 1 is 0.968 bits per heavy atom. The average molecular weight is 411 g/mol. The maximum absolute atomic E-state index is 13.1. The molecular weight excluding hydrogens is 389 g/mol. The molecule has 0 fully saturated rings. The number of fused-ring (bicyclic) bond motifs is 2. The lowest BCUT2D eigenvalue weighted by atomic mass is 10.1. The second-order valence-corrected chi connectivity index (χ2v) is 7.85. The summed E-state index contributed by atoms with van der Waals surface area (Å²) >= 11 is 0. The van der Waals surface area contributed by atoms with Crippen molar-refractivity contribution >= 4 is 28.3 Å². The Labute approximate surface area is 180 Å². The molecule has 0 radical (unpaired) electrons. The molecule has 1 aliphatic rings. The minimum absolute atomic E-state index is 0.149.